The minimum absolute atomic E-state index is 0.197. The second-order valence-electron chi connectivity index (χ2n) is 11.8. The molecule has 0 bridgehead atoms. The van der Waals surface area contributed by atoms with Crippen molar-refractivity contribution in [2.75, 3.05) is 25.2 Å². The van der Waals surface area contributed by atoms with Gasteiger partial charge in [0.1, 0.15) is 29.4 Å². The molecule has 5 aromatic rings. The van der Waals surface area contributed by atoms with E-state index in [2.05, 4.69) is 9.97 Å². The summed E-state index contributed by atoms with van der Waals surface area (Å²) in [6, 6.07) is 26.4. The van der Waals surface area contributed by atoms with Crippen LogP contribution >= 0.6 is 8.25 Å². The van der Waals surface area contributed by atoms with Crippen LogP contribution in [0.3, 0.4) is 0 Å². The van der Waals surface area contributed by atoms with Gasteiger partial charge in [0.25, 0.3) is 0 Å². The Hall–Kier alpha value is -4.78. The van der Waals surface area contributed by atoms with E-state index < -0.39 is 44.6 Å². The lowest BCUT2D eigenvalue weighted by atomic mass is 9.80. The second kappa shape index (κ2) is 13.6. The number of alkyl halides is 1. The van der Waals surface area contributed by atoms with Gasteiger partial charge in [0.05, 0.1) is 19.1 Å². The summed E-state index contributed by atoms with van der Waals surface area (Å²) in [5.74, 6) is 0.840. The number of amides is 1. The Bertz CT molecular complexity index is 1920. The summed E-state index contributed by atoms with van der Waals surface area (Å²) >= 11 is 0. The number of hydrogen-bond donors (Lipinski definition) is 1. The molecule has 49 heavy (non-hydrogen) atoms. The van der Waals surface area contributed by atoms with E-state index in [-0.39, 0.29) is 24.6 Å². The van der Waals surface area contributed by atoms with Crippen molar-refractivity contribution < 1.29 is 42.5 Å². The van der Waals surface area contributed by atoms with Crippen molar-refractivity contribution >= 4 is 31.2 Å². The lowest BCUT2D eigenvalue weighted by Crippen LogP contribution is -2.39. The Morgan fingerprint density at radius 1 is 1.04 bits per heavy atom. The lowest BCUT2D eigenvalue weighted by molar-refractivity contribution is -0.193. The average molecular weight is 687 g/mol. The molecular weight excluding hydrogens is 654 g/mol. The minimum Gasteiger partial charge on any atom is -0.566 e. The largest absolute Gasteiger partial charge is 0.566 e. The summed E-state index contributed by atoms with van der Waals surface area (Å²) < 4.78 is 53.7. The number of rotatable bonds is 10. The molecule has 0 spiro atoms. The monoisotopic (exact) mass is 686 g/mol. The first-order valence-electron chi connectivity index (χ1n) is 15.7. The normalized spacial score (nSPS) is 21.0. The fourth-order valence-electron chi connectivity index (χ4n) is 6.86. The highest BCUT2D eigenvalue weighted by molar-refractivity contribution is 7.30. The number of halogens is 1. The maximum atomic E-state index is 16.5. The van der Waals surface area contributed by atoms with Crippen molar-refractivity contribution in [1.82, 2.24) is 14.5 Å². The maximum Gasteiger partial charge on any atom is 0.488 e. The predicted molar refractivity (Wildman–Crippen MR) is 174 cm³/mol. The topological polar surface area (TPSA) is 148 Å². The molecule has 2 aliphatic heterocycles. The van der Waals surface area contributed by atoms with Gasteiger partial charge in [0, 0.05) is 12.7 Å². The van der Waals surface area contributed by atoms with Crippen LogP contribution in [-0.4, -0.2) is 64.4 Å². The zero-order valence-electron chi connectivity index (χ0n) is 26.3. The summed E-state index contributed by atoms with van der Waals surface area (Å²) in [5, 5.41) is 10.3. The van der Waals surface area contributed by atoms with Gasteiger partial charge in [-0.25, -0.2) is 19.2 Å². The molecule has 5 atom stereocenters. The molecule has 0 radical (unpaired) electrons. The first-order chi connectivity index (χ1) is 23.8. The molecule has 12 nitrogen and oxygen atoms in total. The van der Waals surface area contributed by atoms with Gasteiger partial charge in [0.15, 0.2) is 24.3 Å². The summed E-state index contributed by atoms with van der Waals surface area (Å²) in [6.45, 7) is -0.0356. The number of benzene rings is 3. The van der Waals surface area contributed by atoms with Gasteiger partial charge >= 0.3 is 14.3 Å². The van der Waals surface area contributed by atoms with Gasteiger partial charge in [-0.05, 0) is 51.8 Å². The van der Waals surface area contributed by atoms with Crippen molar-refractivity contribution in [3.05, 3.63) is 120 Å². The second-order valence-corrected chi connectivity index (χ2v) is 12.4. The van der Waals surface area contributed by atoms with E-state index in [4.69, 9.17) is 18.7 Å². The first-order valence-corrected chi connectivity index (χ1v) is 16.8. The van der Waals surface area contributed by atoms with E-state index >= 15 is 4.39 Å². The third-order valence-corrected chi connectivity index (χ3v) is 9.47. The number of carbonyl (C=O) groups is 1. The minimum atomic E-state index is -3.47. The van der Waals surface area contributed by atoms with Crippen LogP contribution in [0.5, 0.6) is 5.75 Å². The molecule has 1 saturated heterocycles. The van der Waals surface area contributed by atoms with Crippen LogP contribution in [0, 0.1) is 0 Å². The Balaban J connectivity index is 1.29. The average Bonchev–Trinajstić information content (AvgIpc) is 3.56. The maximum absolute atomic E-state index is 16.5. The summed E-state index contributed by atoms with van der Waals surface area (Å²) in [7, 11) is -1.89. The Morgan fingerprint density at radius 2 is 1.69 bits per heavy atom. The van der Waals surface area contributed by atoms with Crippen LogP contribution in [0.1, 0.15) is 34.9 Å². The number of aromatic nitrogens is 3. The van der Waals surface area contributed by atoms with Gasteiger partial charge < -0.3 is 28.8 Å². The molecule has 7 rings (SSSR count). The van der Waals surface area contributed by atoms with Gasteiger partial charge in [-0.2, -0.15) is 0 Å². The number of ether oxygens (including phenoxy) is 3. The van der Waals surface area contributed by atoms with Crippen molar-refractivity contribution in [1.29, 1.82) is 0 Å². The SMILES string of the molecule is COc1ccc(C(OC[C@H]2O[C@@H](n3cc4c5c(ncnc53)N(C(=O)O)CCC4)[C@H](F)[C@@H]2O[P+](=O)[O-])(c2ccccc2)c2ccccc2)cc1. The number of nitrogens with zero attached hydrogens (tertiary/aromatic N) is 4. The number of methoxy groups -OCH3 is 1. The number of anilines is 1. The van der Waals surface area contributed by atoms with Crippen molar-refractivity contribution in [3.8, 4) is 5.75 Å². The molecule has 2 aliphatic rings. The van der Waals surface area contributed by atoms with Gasteiger partial charge in [-0.3, -0.25) is 4.90 Å². The van der Waals surface area contributed by atoms with E-state index in [9.17, 15) is 19.4 Å². The summed E-state index contributed by atoms with van der Waals surface area (Å²) in [5.41, 5.74) is 2.03. The molecule has 2 aromatic heterocycles. The van der Waals surface area contributed by atoms with Crippen LogP contribution in [0.15, 0.2) is 97.5 Å². The van der Waals surface area contributed by atoms with Crippen LogP contribution in [0.4, 0.5) is 15.0 Å². The molecule has 0 aliphatic carbocycles. The lowest BCUT2D eigenvalue weighted by Gasteiger charge is -2.37. The van der Waals surface area contributed by atoms with E-state index in [0.717, 1.165) is 27.2 Å². The standard InChI is InChI=1S/C35H32FN4O8P/c1-45-26-16-14-25(15-17-26)35(23-10-4-2-5-11-23,24-12-6-3-7-13-24)46-20-27-30(48-49(43)44)29(36)33(47-27)40-19-22-9-8-18-39(34(41)42)31-28(22)32(40)38-21-37-31/h2-7,10-17,19,21,27,29-30,33H,8-9,18,20H2,1H3,(H,41,42)/t27-,29-,30-,33-/m1/s1. The zero-order valence-corrected chi connectivity index (χ0v) is 27.2. The van der Waals surface area contributed by atoms with Crippen molar-refractivity contribution in [2.24, 2.45) is 0 Å². The molecule has 1 N–H and O–H groups in total. The summed E-state index contributed by atoms with van der Waals surface area (Å²) in [4.78, 5) is 33.7. The van der Waals surface area contributed by atoms with Crippen molar-refractivity contribution in [2.45, 2.75) is 43.1 Å². The van der Waals surface area contributed by atoms with E-state index in [1.165, 1.54) is 10.9 Å². The molecule has 14 heteroatoms. The molecule has 4 heterocycles. The molecule has 0 saturated carbocycles. The summed E-state index contributed by atoms with van der Waals surface area (Å²) in [6.07, 6.45) is -3.36. The highest BCUT2D eigenvalue weighted by Crippen LogP contribution is 2.45. The van der Waals surface area contributed by atoms with Crippen molar-refractivity contribution in [3.63, 3.8) is 0 Å². The Kier molecular flexibility index (Phi) is 9.10. The smallest absolute Gasteiger partial charge is 0.488 e. The van der Waals surface area contributed by atoms with Crippen LogP contribution in [0.25, 0.3) is 11.0 Å². The molecule has 1 amide bonds. The quantitative estimate of drug-likeness (QED) is 0.147. The fourth-order valence-corrected chi connectivity index (χ4v) is 7.31. The van der Waals surface area contributed by atoms with E-state index in [1.807, 2.05) is 84.9 Å². The third kappa shape index (κ3) is 5.94. The van der Waals surface area contributed by atoms with Gasteiger partial charge in [-0.1, -0.05) is 72.8 Å². The zero-order chi connectivity index (χ0) is 34.1. The van der Waals surface area contributed by atoms with Crippen LogP contribution in [-0.2, 0) is 30.6 Å². The predicted octanol–water partition coefficient (Wildman–Crippen LogP) is 5.52. The Labute approximate surface area is 281 Å². The van der Waals surface area contributed by atoms with E-state index in [1.54, 1.807) is 13.3 Å². The van der Waals surface area contributed by atoms with Gasteiger partial charge in [-0.15, -0.1) is 4.52 Å². The highest BCUT2D eigenvalue weighted by Gasteiger charge is 2.52. The number of aryl methyl sites for hydroxylation is 1. The molecular formula is C35H32FN4O8P. The van der Waals surface area contributed by atoms with Gasteiger partial charge in [0.2, 0.25) is 0 Å². The van der Waals surface area contributed by atoms with Crippen LogP contribution < -0.4 is 14.5 Å². The first kappa shape index (κ1) is 32.8. The molecule has 1 fully saturated rings. The molecule has 252 valence electrons. The van der Waals surface area contributed by atoms with Crippen LogP contribution in [0.2, 0.25) is 0 Å². The fraction of sp³-hybridized carbons (Fsp3) is 0.286. The third-order valence-electron chi connectivity index (χ3n) is 9.05. The highest BCUT2D eigenvalue weighted by atomic mass is 31.1. The molecule has 3 aromatic carbocycles. The Morgan fingerprint density at radius 3 is 2.31 bits per heavy atom. The number of carboxylic acid groups (broad SMARTS) is 1. The molecule has 1 unspecified atom stereocenters. The number of hydrogen-bond acceptors (Lipinski definition) is 9. The van der Waals surface area contributed by atoms with E-state index in [0.29, 0.717) is 24.0 Å².